The molecule has 0 spiro atoms. The molecular weight excluding hydrogens is 172 g/mol. The third-order valence-corrected chi connectivity index (χ3v) is 1.66. The van der Waals surface area contributed by atoms with E-state index in [4.69, 9.17) is 10.8 Å². The highest BCUT2D eigenvalue weighted by molar-refractivity contribution is 5.75. The van der Waals surface area contributed by atoms with Crippen molar-refractivity contribution in [3.05, 3.63) is 0 Å². The van der Waals surface area contributed by atoms with Crippen molar-refractivity contribution in [2.45, 2.75) is 27.2 Å². The standard InChI is InChI=1S/C6H12O2.C2H6N2O/c1-4-6(2,3)5(7)8;3-1-2(4)5/h4H2,1-3H3,(H,7,8);1,3H2,(H2,4,5). The lowest BCUT2D eigenvalue weighted by molar-refractivity contribution is -0.147. The number of carbonyl (C=O) groups is 2. The third-order valence-electron chi connectivity index (χ3n) is 1.66. The van der Waals surface area contributed by atoms with Crippen molar-refractivity contribution in [2.24, 2.45) is 16.9 Å². The molecule has 0 aliphatic heterocycles. The zero-order valence-electron chi connectivity index (χ0n) is 8.33. The maximum Gasteiger partial charge on any atom is 0.309 e. The van der Waals surface area contributed by atoms with Crippen LogP contribution in [-0.2, 0) is 9.59 Å². The van der Waals surface area contributed by atoms with Crippen LogP contribution in [0.4, 0.5) is 0 Å². The van der Waals surface area contributed by atoms with Gasteiger partial charge in [-0.05, 0) is 20.3 Å². The first-order chi connectivity index (χ1) is 5.77. The highest BCUT2D eigenvalue weighted by Crippen LogP contribution is 2.18. The van der Waals surface area contributed by atoms with Crippen LogP contribution in [0, 0.1) is 5.41 Å². The zero-order chi connectivity index (χ0) is 11.1. The predicted octanol–water partition coefficient (Wildman–Crippen LogP) is -0.0624. The number of nitrogens with two attached hydrogens (primary N) is 2. The molecule has 78 valence electrons. The van der Waals surface area contributed by atoms with Crippen LogP contribution < -0.4 is 11.5 Å². The number of hydrogen-bond acceptors (Lipinski definition) is 3. The van der Waals surface area contributed by atoms with E-state index in [0.717, 1.165) is 0 Å². The number of hydrogen-bond donors (Lipinski definition) is 3. The monoisotopic (exact) mass is 190 g/mol. The Morgan fingerprint density at radius 1 is 1.38 bits per heavy atom. The summed E-state index contributed by atoms with van der Waals surface area (Å²) in [5.41, 5.74) is 8.68. The van der Waals surface area contributed by atoms with E-state index in [9.17, 15) is 9.59 Å². The summed E-state index contributed by atoms with van der Waals surface area (Å²) in [6.07, 6.45) is 0.683. The van der Waals surface area contributed by atoms with Crippen LogP contribution in [0.3, 0.4) is 0 Å². The average molecular weight is 190 g/mol. The Labute approximate surface area is 78.1 Å². The Kier molecular flexibility index (Phi) is 7.12. The van der Waals surface area contributed by atoms with E-state index in [1.807, 2.05) is 6.92 Å². The molecule has 1 amide bonds. The number of carboxylic acids is 1. The molecule has 5 heteroatoms. The van der Waals surface area contributed by atoms with Crippen molar-refractivity contribution < 1.29 is 14.7 Å². The third kappa shape index (κ3) is 8.81. The Balaban J connectivity index is 0. The molecule has 0 aliphatic rings. The van der Waals surface area contributed by atoms with Crippen molar-refractivity contribution in [1.29, 1.82) is 0 Å². The van der Waals surface area contributed by atoms with Gasteiger partial charge in [-0.3, -0.25) is 9.59 Å². The van der Waals surface area contributed by atoms with Gasteiger partial charge in [-0.2, -0.15) is 0 Å². The van der Waals surface area contributed by atoms with Crippen molar-refractivity contribution in [3.8, 4) is 0 Å². The smallest absolute Gasteiger partial charge is 0.309 e. The van der Waals surface area contributed by atoms with Gasteiger partial charge in [0.25, 0.3) is 0 Å². The van der Waals surface area contributed by atoms with E-state index in [2.05, 4.69) is 5.73 Å². The van der Waals surface area contributed by atoms with Gasteiger partial charge in [-0.25, -0.2) is 0 Å². The van der Waals surface area contributed by atoms with Gasteiger partial charge < -0.3 is 16.6 Å². The van der Waals surface area contributed by atoms with Crippen LogP contribution >= 0.6 is 0 Å². The van der Waals surface area contributed by atoms with Gasteiger partial charge in [-0.15, -0.1) is 0 Å². The van der Waals surface area contributed by atoms with Gasteiger partial charge in [0.15, 0.2) is 0 Å². The van der Waals surface area contributed by atoms with Crippen LogP contribution in [0.2, 0.25) is 0 Å². The lowest BCUT2D eigenvalue weighted by Gasteiger charge is -2.14. The molecular formula is C8H18N2O3. The zero-order valence-corrected chi connectivity index (χ0v) is 8.33. The second-order valence-corrected chi connectivity index (χ2v) is 3.21. The number of rotatable bonds is 3. The first kappa shape index (κ1) is 14.4. The molecule has 0 aliphatic carbocycles. The van der Waals surface area contributed by atoms with Crippen molar-refractivity contribution in [1.82, 2.24) is 0 Å². The molecule has 0 aromatic carbocycles. The highest BCUT2D eigenvalue weighted by atomic mass is 16.4. The molecule has 0 heterocycles. The number of primary amides is 1. The molecule has 0 radical (unpaired) electrons. The van der Waals surface area contributed by atoms with Gasteiger partial charge >= 0.3 is 5.97 Å². The van der Waals surface area contributed by atoms with Crippen molar-refractivity contribution in [2.75, 3.05) is 6.54 Å². The van der Waals surface area contributed by atoms with E-state index in [1.54, 1.807) is 13.8 Å². The Morgan fingerprint density at radius 2 is 1.69 bits per heavy atom. The minimum absolute atomic E-state index is 0.0556. The second-order valence-electron chi connectivity index (χ2n) is 3.21. The largest absolute Gasteiger partial charge is 0.481 e. The molecule has 0 rings (SSSR count). The summed E-state index contributed by atoms with van der Waals surface area (Å²) in [5.74, 6) is -1.19. The molecule has 0 fully saturated rings. The summed E-state index contributed by atoms with van der Waals surface area (Å²) in [6.45, 7) is 5.25. The lowest BCUT2D eigenvalue weighted by Crippen LogP contribution is -2.21. The Morgan fingerprint density at radius 3 is 1.69 bits per heavy atom. The molecule has 0 unspecified atom stereocenters. The molecule has 0 aromatic heterocycles. The second kappa shape index (κ2) is 6.42. The predicted molar refractivity (Wildman–Crippen MR) is 50.0 cm³/mol. The number of amides is 1. The SMILES string of the molecule is CCC(C)(C)C(=O)O.NCC(N)=O. The Hall–Kier alpha value is -1.10. The molecule has 5 N–H and O–H groups in total. The normalized spacial score (nSPS) is 9.85. The first-order valence-electron chi connectivity index (χ1n) is 3.99. The van der Waals surface area contributed by atoms with Crippen LogP contribution in [0.5, 0.6) is 0 Å². The van der Waals surface area contributed by atoms with Gasteiger partial charge in [-0.1, -0.05) is 6.92 Å². The average Bonchev–Trinajstić information content (AvgIpc) is 2.05. The maximum atomic E-state index is 10.3. The number of carbonyl (C=O) groups excluding carboxylic acids is 1. The molecule has 0 bridgehead atoms. The summed E-state index contributed by atoms with van der Waals surface area (Å²) in [5, 5.41) is 8.44. The van der Waals surface area contributed by atoms with Crippen LogP contribution in [0.15, 0.2) is 0 Å². The summed E-state index contributed by atoms with van der Waals surface area (Å²) in [6, 6.07) is 0. The van der Waals surface area contributed by atoms with E-state index >= 15 is 0 Å². The summed E-state index contributed by atoms with van der Waals surface area (Å²) in [7, 11) is 0. The quantitative estimate of drug-likeness (QED) is 0.579. The van der Waals surface area contributed by atoms with Crippen LogP contribution in [0.25, 0.3) is 0 Å². The summed E-state index contributed by atoms with van der Waals surface area (Å²) >= 11 is 0. The number of carboxylic acid groups (broad SMARTS) is 1. The molecule has 0 saturated carbocycles. The molecule has 5 nitrogen and oxygen atoms in total. The minimum atomic E-state index is -0.722. The molecule has 13 heavy (non-hydrogen) atoms. The summed E-state index contributed by atoms with van der Waals surface area (Å²) < 4.78 is 0. The fourth-order valence-electron chi connectivity index (χ4n) is 0.151. The van der Waals surface area contributed by atoms with E-state index in [-0.39, 0.29) is 6.54 Å². The van der Waals surface area contributed by atoms with E-state index in [0.29, 0.717) is 6.42 Å². The molecule has 0 aromatic rings. The lowest BCUT2D eigenvalue weighted by atomic mass is 9.91. The topological polar surface area (TPSA) is 106 Å². The van der Waals surface area contributed by atoms with Gasteiger partial charge in [0.2, 0.25) is 5.91 Å². The highest BCUT2D eigenvalue weighted by Gasteiger charge is 2.23. The Bertz CT molecular complexity index is 178. The van der Waals surface area contributed by atoms with E-state index in [1.165, 1.54) is 0 Å². The number of aliphatic carboxylic acids is 1. The molecule has 0 atom stereocenters. The fraction of sp³-hybridized carbons (Fsp3) is 0.750. The first-order valence-corrected chi connectivity index (χ1v) is 3.99. The van der Waals surface area contributed by atoms with Crippen molar-refractivity contribution in [3.63, 3.8) is 0 Å². The van der Waals surface area contributed by atoms with Gasteiger partial charge in [0.1, 0.15) is 0 Å². The minimum Gasteiger partial charge on any atom is -0.481 e. The van der Waals surface area contributed by atoms with Gasteiger partial charge in [0, 0.05) is 0 Å². The summed E-state index contributed by atoms with van der Waals surface area (Å²) in [4.78, 5) is 19.7. The fourth-order valence-corrected chi connectivity index (χ4v) is 0.151. The van der Waals surface area contributed by atoms with Gasteiger partial charge in [0.05, 0.1) is 12.0 Å². The van der Waals surface area contributed by atoms with E-state index < -0.39 is 17.3 Å². The van der Waals surface area contributed by atoms with Crippen LogP contribution in [0.1, 0.15) is 27.2 Å². The molecule has 0 saturated heterocycles. The van der Waals surface area contributed by atoms with Crippen molar-refractivity contribution >= 4 is 11.9 Å². The van der Waals surface area contributed by atoms with Crippen LogP contribution in [-0.4, -0.2) is 23.5 Å². The maximum absolute atomic E-state index is 10.3.